The van der Waals surface area contributed by atoms with Crippen LogP contribution in [-0.4, -0.2) is 57.6 Å². The summed E-state index contributed by atoms with van der Waals surface area (Å²) in [4.78, 5) is 21.9. The first-order valence-corrected chi connectivity index (χ1v) is 12.0. The van der Waals surface area contributed by atoms with Crippen LogP contribution in [0.2, 0.25) is 0 Å². The number of imidazole rings is 1. The van der Waals surface area contributed by atoms with Gasteiger partial charge in [0, 0.05) is 43.8 Å². The van der Waals surface area contributed by atoms with Crippen LogP contribution >= 0.6 is 15.9 Å². The van der Waals surface area contributed by atoms with E-state index in [0.717, 1.165) is 65.4 Å². The van der Waals surface area contributed by atoms with Gasteiger partial charge in [-0.3, -0.25) is 0 Å². The van der Waals surface area contributed by atoms with Crippen molar-refractivity contribution in [2.24, 2.45) is 0 Å². The molecule has 0 aliphatic carbocycles. The minimum absolute atomic E-state index is 0.524. The molecule has 0 atom stereocenters. The Bertz CT molecular complexity index is 1250. The van der Waals surface area contributed by atoms with Crippen LogP contribution in [0.25, 0.3) is 11.0 Å². The van der Waals surface area contributed by atoms with Gasteiger partial charge in [-0.15, -0.1) is 0 Å². The van der Waals surface area contributed by atoms with E-state index in [9.17, 15) is 0 Å². The molecule has 5 rings (SSSR count). The van der Waals surface area contributed by atoms with Gasteiger partial charge in [-0.25, -0.2) is 9.97 Å². The number of likely N-dealkylation sites (N-methyl/N-ethyl adjacent to an activating group) is 1. The fourth-order valence-corrected chi connectivity index (χ4v) is 4.40. The number of H-pyrrole nitrogens is 1. The van der Waals surface area contributed by atoms with E-state index in [0.29, 0.717) is 11.8 Å². The topological polar surface area (TPSA) is 85.0 Å². The Balaban J connectivity index is 1.30. The molecule has 0 radical (unpaired) electrons. The molecule has 1 saturated heterocycles. The van der Waals surface area contributed by atoms with E-state index in [1.54, 1.807) is 6.20 Å². The molecule has 2 aromatic heterocycles. The Morgan fingerprint density at radius 3 is 2.55 bits per heavy atom. The predicted octanol–water partition coefficient (Wildman–Crippen LogP) is 5.05. The lowest BCUT2D eigenvalue weighted by Gasteiger charge is -2.35. The summed E-state index contributed by atoms with van der Waals surface area (Å²) in [6.45, 7) is 9.65. The maximum Gasteiger partial charge on any atom is 0.229 e. The minimum atomic E-state index is 0.524. The number of aromatic amines is 1. The second kappa shape index (κ2) is 9.36. The number of halogens is 1. The van der Waals surface area contributed by atoms with Gasteiger partial charge in [0.1, 0.15) is 17.2 Å². The Kier molecular flexibility index (Phi) is 6.15. The van der Waals surface area contributed by atoms with E-state index in [4.69, 9.17) is 0 Å². The summed E-state index contributed by atoms with van der Waals surface area (Å²) < 4.78 is 0.777. The summed E-state index contributed by atoms with van der Waals surface area (Å²) >= 11 is 3.55. The Labute approximate surface area is 201 Å². The Hall–Kier alpha value is -3.17. The first-order valence-electron chi connectivity index (χ1n) is 11.2. The number of nitrogens with zero attached hydrogens (tertiary/aromatic N) is 5. The zero-order valence-corrected chi connectivity index (χ0v) is 20.4. The molecule has 0 spiro atoms. The Morgan fingerprint density at radius 1 is 1.00 bits per heavy atom. The van der Waals surface area contributed by atoms with Gasteiger partial charge in [-0.2, -0.15) is 4.98 Å². The van der Waals surface area contributed by atoms with Crippen LogP contribution in [0.5, 0.6) is 0 Å². The average Bonchev–Trinajstić information content (AvgIpc) is 3.23. The molecule has 2 aromatic carbocycles. The molecule has 1 aliphatic rings. The first-order chi connectivity index (χ1) is 16.1. The number of rotatable bonds is 6. The van der Waals surface area contributed by atoms with E-state index in [-0.39, 0.29) is 0 Å². The molecule has 0 unspecified atom stereocenters. The van der Waals surface area contributed by atoms with Gasteiger partial charge in [-0.05, 0) is 65.8 Å². The minimum Gasteiger partial charge on any atom is -0.369 e. The van der Waals surface area contributed by atoms with Crippen LogP contribution in [-0.2, 0) is 0 Å². The van der Waals surface area contributed by atoms with Crippen molar-refractivity contribution < 1.29 is 0 Å². The van der Waals surface area contributed by atoms with E-state index >= 15 is 0 Å². The molecule has 1 aliphatic heterocycles. The lowest BCUT2D eigenvalue weighted by Crippen LogP contribution is -2.46. The monoisotopic (exact) mass is 506 g/mol. The van der Waals surface area contributed by atoms with Gasteiger partial charge >= 0.3 is 0 Å². The third-order valence-electron chi connectivity index (χ3n) is 5.94. The summed E-state index contributed by atoms with van der Waals surface area (Å²) in [6, 6.07) is 14.4. The number of para-hydroxylation sites is 1. The molecule has 3 N–H and O–H groups in total. The molecular formula is C24H27BrN8. The summed E-state index contributed by atoms with van der Waals surface area (Å²) in [5.74, 6) is 2.07. The maximum atomic E-state index is 4.67. The van der Waals surface area contributed by atoms with Crippen LogP contribution in [0.3, 0.4) is 0 Å². The highest BCUT2D eigenvalue weighted by atomic mass is 79.9. The highest BCUT2D eigenvalue weighted by molar-refractivity contribution is 9.10. The highest BCUT2D eigenvalue weighted by Gasteiger charge is 2.16. The summed E-state index contributed by atoms with van der Waals surface area (Å²) in [5.41, 5.74) is 4.94. The van der Waals surface area contributed by atoms with E-state index < -0.39 is 0 Å². The van der Waals surface area contributed by atoms with Crippen molar-refractivity contribution in [1.29, 1.82) is 0 Å². The number of hydrogen-bond donors (Lipinski definition) is 3. The standard InChI is InChI=1S/C24H27BrN8/c1-3-32-11-13-33(14-12-32)18-9-7-17(8-10-18)29-24-26-15-19(25)23(31-24)30-21-6-4-5-20-22(21)28-16(2)27-20/h4-10,15H,3,11-14H2,1-2H3,(H,27,28)(H2,26,29,30,31). The second-order valence-corrected chi connectivity index (χ2v) is 8.99. The number of fused-ring (bicyclic) bond motifs is 1. The quantitative estimate of drug-likeness (QED) is 0.337. The van der Waals surface area contributed by atoms with Gasteiger partial charge in [0.25, 0.3) is 0 Å². The van der Waals surface area contributed by atoms with E-state index in [1.807, 2.05) is 25.1 Å². The van der Waals surface area contributed by atoms with Crippen molar-refractivity contribution in [3.05, 3.63) is 59.0 Å². The molecule has 9 heteroatoms. The average molecular weight is 507 g/mol. The lowest BCUT2D eigenvalue weighted by molar-refractivity contribution is 0.271. The molecule has 1 fully saturated rings. The van der Waals surface area contributed by atoms with E-state index in [2.05, 4.69) is 87.5 Å². The number of aromatic nitrogens is 4. The molecule has 8 nitrogen and oxygen atoms in total. The number of benzene rings is 2. The van der Waals surface area contributed by atoms with Gasteiger partial charge in [0.15, 0.2) is 0 Å². The van der Waals surface area contributed by atoms with Crippen molar-refractivity contribution in [2.75, 3.05) is 48.3 Å². The third kappa shape index (κ3) is 4.79. The van der Waals surface area contributed by atoms with Crippen molar-refractivity contribution >= 4 is 55.8 Å². The zero-order chi connectivity index (χ0) is 22.8. The largest absolute Gasteiger partial charge is 0.369 e. The van der Waals surface area contributed by atoms with Crippen molar-refractivity contribution in [1.82, 2.24) is 24.8 Å². The lowest BCUT2D eigenvalue weighted by atomic mass is 10.2. The van der Waals surface area contributed by atoms with Crippen molar-refractivity contribution in [3.63, 3.8) is 0 Å². The van der Waals surface area contributed by atoms with Crippen LogP contribution in [0.4, 0.5) is 28.8 Å². The summed E-state index contributed by atoms with van der Waals surface area (Å²) in [7, 11) is 0. The van der Waals surface area contributed by atoms with Crippen LogP contribution < -0.4 is 15.5 Å². The van der Waals surface area contributed by atoms with E-state index in [1.165, 1.54) is 5.69 Å². The first kappa shape index (κ1) is 21.7. The highest BCUT2D eigenvalue weighted by Crippen LogP contribution is 2.29. The number of piperazine rings is 1. The molecule has 0 amide bonds. The van der Waals surface area contributed by atoms with Gasteiger partial charge in [0.05, 0.1) is 15.7 Å². The van der Waals surface area contributed by atoms with Crippen LogP contribution in [0.1, 0.15) is 12.7 Å². The fraction of sp³-hybridized carbons (Fsp3) is 0.292. The third-order valence-corrected chi connectivity index (χ3v) is 6.52. The predicted molar refractivity (Wildman–Crippen MR) is 138 cm³/mol. The molecule has 4 aromatic rings. The Morgan fingerprint density at radius 2 is 1.79 bits per heavy atom. The molecular weight excluding hydrogens is 480 g/mol. The fourth-order valence-electron chi connectivity index (χ4n) is 4.11. The molecule has 33 heavy (non-hydrogen) atoms. The van der Waals surface area contributed by atoms with Crippen molar-refractivity contribution in [3.8, 4) is 0 Å². The second-order valence-electron chi connectivity index (χ2n) is 8.13. The smallest absolute Gasteiger partial charge is 0.229 e. The number of nitrogens with one attached hydrogen (secondary N) is 3. The van der Waals surface area contributed by atoms with Gasteiger partial charge in [0.2, 0.25) is 5.95 Å². The number of aryl methyl sites for hydroxylation is 1. The molecule has 0 bridgehead atoms. The SMILES string of the molecule is CCN1CCN(c2ccc(Nc3ncc(Br)c(Nc4cccc5[nH]c(C)nc45)n3)cc2)CC1. The van der Waals surface area contributed by atoms with Crippen LogP contribution in [0.15, 0.2) is 53.1 Å². The van der Waals surface area contributed by atoms with Crippen molar-refractivity contribution in [2.45, 2.75) is 13.8 Å². The number of anilines is 5. The van der Waals surface area contributed by atoms with Gasteiger partial charge in [-0.1, -0.05) is 13.0 Å². The molecule has 3 heterocycles. The van der Waals surface area contributed by atoms with Crippen LogP contribution in [0, 0.1) is 6.92 Å². The van der Waals surface area contributed by atoms with Gasteiger partial charge < -0.3 is 25.4 Å². The number of hydrogen-bond acceptors (Lipinski definition) is 7. The summed E-state index contributed by atoms with van der Waals surface area (Å²) in [6.07, 6.45) is 1.75. The zero-order valence-electron chi connectivity index (χ0n) is 18.8. The maximum absolute atomic E-state index is 4.67. The normalized spacial score (nSPS) is 14.6. The molecule has 0 saturated carbocycles. The molecule has 170 valence electrons. The summed E-state index contributed by atoms with van der Waals surface area (Å²) in [5, 5.41) is 6.70.